The fraction of sp³-hybridized carbons (Fsp3) is 0.368. The van der Waals surface area contributed by atoms with Crippen molar-refractivity contribution >= 4 is 39.3 Å². The summed E-state index contributed by atoms with van der Waals surface area (Å²) in [5.41, 5.74) is 1.41. The second kappa shape index (κ2) is 9.00. The van der Waals surface area contributed by atoms with E-state index in [0.29, 0.717) is 0 Å². The van der Waals surface area contributed by atoms with E-state index in [-0.39, 0.29) is 0 Å². The van der Waals surface area contributed by atoms with Crippen molar-refractivity contribution in [2.45, 2.75) is 49.3 Å². The third-order valence-electron chi connectivity index (χ3n) is 3.46. The van der Waals surface area contributed by atoms with E-state index in [1.54, 1.807) is 11.8 Å². The molecule has 0 radical (unpaired) electrons. The van der Waals surface area contributed by atoms with E-state index >= 15 is 0 Å². The van der Waals surface area contributed by atoms with Gasteiger partial charge in [-0.1, -0.05) is 72.0 Å². The van der Waals surface area contributed by atoms with Crippen molar-refractivity contribution in [3.63, 3.8) is 0 Å². The summed E-state index contributed by atoms with van der Waals surface area (Å²) in [5.74, 6) is 0.802. The molecular weight excluding hydrogens is 376 g/mol. The molecule has 0 aliphatic rings. The van der Waals surface area contributed by atoms with Crippen LogP contribution in [0.5, 0.6) is 0 Å². The Balaban J connectivity index is 2.00. The van der Waals surface area contributed by atoms with Gasteiger partial charge in [-0.25, -0.2) is 0 Å². The smallest absolute Gasteiger partial charge is 0.0417 e. The van der Waals surface area contributed by atoms with Crippen LogP contribution in [-0.4, -0.2) is 0 Å². The minimum absolute atomic E-state index is 0.786. The molecule has 0 aliphatic heterocycles. The highest BCUT2D eigenvalue weighted by molar-refractivity contribution is 9.10. The molecule has 0 saturated heterocycles. The molecule has 0 bridgehead atoms. The highest BCUT2D eigenvalue weighted by Gasteiger charge is 2.03. The highest BCUT2D eigenvalue weighted by Crippen LogP contribution is 2.32. The van der Waals surface area contributed by atoms with Gasteiger partial charge in [-0.15, -0.1) is 0 Å². The van der Waals surface area contributed by atoms with Crippen LogP contribution in [0, 0.1) is 5.92 Å². The summed E-state index contributed by atoms with van der Waals surface area (Å²) >= 11 is 11.5. The van der Waals surface area contributed by atoms with E-state index in [1.165, 1.54) is 34.6 Å². The zero-order chi connectivity index (χ0) is 15.9. The topological polar surface area (TPSA) is 0 Å². The van der Waals surface area contributed by atoms with E-state index in [2.05, 4.69) is 54.0 Å². The average Bonchev–Trinajstić information content (AvgIpc) is 2.43. The van der Waals surface area contributed by atoms with Crippen molar-refractivity contribution in [2.75, 3.05) is 0 Å². The van der Waals surface area contributed by atoms with Crippen molar-refractivity contribution in [1.29, 1.82) is 0 Å². The molecule has 118 valence electrons. The first-order chi connectivity index (χ1) is 10.5. The van der Waals surface area contributed by atoms with Gasteiger partial charge in [0, 0.05) is 19.3 Å². The quantitative estimate of drug-likeness (QED) is 0.433. The molecule has 0 spiro atoms. The largest absolute Gasteiger partial charge is 0.0900 e. The Labute approximate surface area is 151 Å². The molecular formula is C19H22BrClS. The molecule has 0 nitrogen and oxygen atoms in total. The number of hydrogen-bond donors (Lipinski definition) is 0. The van der Waals surface area contributed by atoms with Gasteiger partial charge < -0.3 is 0 Å². The zero-order valence-corrected chi connectivity index (χ0v) is 16.3. The maximum Gasteiger partial charge on any atom is 0.0417 e. The number of aryl methyl sites for hydroxylation is 1. The summed E-state index contributed by atoms with van der Waals surface area (Å²) in [6.07, 6.45) is 5.03. The Hall–Kier alpha value is -0.440. The lowest BCUT2D eigenvalue weighted by atomic mass is 10.0. The summed E-state index contributed by atoms with van der Waals surface area (Å²) in [6, 6.07) is 14.7. The van der Waals surface area contributed by atoms with Crippen LogP contribution in [0.2, 0.25) is 5.02 Å². The fourth-order valence-corrected chi connectivity index (χ4v) is 4.32. The molecule has 0 atom stereocenters. The number of benzene rings is 2. The lowest BCUT2D eigenvalue weighted by Crippen LogP contribution is -1.91. The van der Waals surface area contributed by atoms with Gasteiger partial charge in [0.15, 0.2) is 0 Å². The predicted molar refractivity (Wildman–Crippen MR) is 102 cm³/mol. The van der Waals surface area contributed by atoms with Gasteiger partial charge in [-0.3, -0.25) is 0 Å². The van der Waals surface area contributed by atoms with Crippen LogP contribution < -0.4 is 0 Å². The lowest BCUT2D eigenvalue weighted by molar-refractivity contribution is 0.538. The van der Waals surface area contributed by atoms with Gasteiger partial charge in [0.25, 0.3) is 0 Å². The van der Waals surface area contributed by atoms with E-state index in [9.17, 15) is 0 Å². The molecule has 3 heteroatoms. The molecule has 0 unspecified atom stereocenters. The van der Waals surface area contributed by atoms with Crippen molar-refractivity contribution in [1.82, 2.24) is 0 Å². The van der Waals surface area contributed by atoms with E-state index in [4.69, 9.17) is 11.6 Å². The number of unbranched alkanes of at least 4 members (excludes halogenated alkanes) is 1. The van der Waals surface area contributed by atoms with Crippen LogP contribution in [0.25, 0.3) is 0 Å². The molecule has 0 heterocycles. The number of rotatable bonds is 7. The van der Waals surface area contributed by atoms with Gasteiger partial charge >= 0.3 is 0 Å². The maximum absolute atomic E-state index is 6.06. The minimum atomic E-state index is 0.786. The molecule has 22 heavy (non-hydrogen) atoms. The molecule has 0 aliphatic carbocycles. The van der Waals surface area contributed by atoms with Crippen LogP contribution in [0.3, 0.4) is 0 Å². The number of hydrogen-bond acceptors (Lipinski definition) is 1. The average molecular weight is 398 g/mol. The van der Waals surface area contributed by atoms with Crippen LogP contribution in [0.15, 0.2) is 56.7 Å². The van der Waals surface area contributed by atoms with Gasteiger partial charge in [0.2, 0.25) is 0 Å². The normalized spacial score (nSPS) is 11.1. The lowest BCUT2D eigenvalue weighted by Gasteiger charge is -2.08. The molecule has 2 aromatic carbocycles. The van der Waals surface area contributed by atoms with Crippen molar-refractivity contribution in [2.24, 2.45) is 5.92 Å². The van der Waals surface area contributed by atoms with Gasteiger partial charge in [0.05, 0.1) is 0 Å². The van der Waals surface area contributed by atoms with Crippen LogP contribution in [-0.2, 0) is 6.42 Å². The number of halogens is 2. The SMILES string of the molecule is CC(C)CCCCc1cc(Br)cc(Sc2cccc(Cl)c2)c1. The first-order valence-electron chi connectivity index (χ1n) is 7.76. The second-order valence-electron chi connectivity index (χ2n) is 5.99. The van der Waals surface area contributed by atoms with Crippen molar-refractivity contribution in [3.05, 3.63) is 57.5 Å². The van der Waals surface area contributed by atoms with Crippen LogP contribution in [0.4, 0.5) is 0 Å². The van der Waals surface area contributed by atoms with Crippen LogP contribution >= 0.6 is 39.3 Å². The standard InChI is InChI=1S/C19H22BrClS/c1-14(2)6-3-4-7-15-10-16(20)12-19(11-15)22-18-9-5-8-17(21)13-18/h5,8-14H,3-4,6-7H2,1-2H3. The Bertz CT molecular complexity index is 610. The Kier molecular flexibility index (Phi) is 7.33. The molecule has 2 aromatic rings. The van der Waals surface area contributed by atoms with E-state index in [1.807, 2.05) is 18.2 Å². The third-order valence-corrected chi connectivity index (χ3v) is 5.11. The summed E-state index contributed by atoms with van der Waals surface area (Å²) in [5, 5.41) is 0.786. The minimum Gasteiger partial charge on any atom is -0.0900 e. The molecule has 0 amide bonds. The summed E-state index contributed by atoms with van der Waals surface area (Å²) in [6.45, 7) is 4.58. The fourth-order valence-electron chi connectivity index (χ4n) is 2.37. The first-order valence-corrected chi connectivity index (χ1v) is 9.74. The summed E-state index contributed by atoms with van der Waals surface area (Å²) in [7, 11) is 0. The Morgan fingerprint density at radius 3 is 2.59 bits per heavy atom. The van der Waals surface area contributed by atoms with E-state index < -0.39 is 0 Å². The molecule has 0 aromatic heterocycles. The molecule has 2 rings (SSSR count). The summed E-state index contributed by atoms with van der Waals surface area (Å²) in [4.78, 5) is 2.44. The maximum atomic E-state index is 6.06. The van der Waals surface area contributed by atoms with Gasteiger partial charge in [-0.2, -0.15) is 0 Å². The Morgan fingerprint density at radius 2 is 1.86 bits per heavy atom. The molecule has 0 N–H and O–H groups in total. The molecule has 0 fully saturated rings. The van der Waals surface area contributed by atoms with Crippen LogP contribution in [0.1, 0.15) is 38.7 Å². The zero-order valence-electron chi connectivity index (χ0n) is 13.1. The third kappa shape index (κ3) is 6.36. The first kappa shape index (κ1) is 17.9. The second-order valence-corrected chi connectivity index (χ2v) is 8.49. The van der Waals surface area contributed by atoms with E-state index in [0.717, 1.165) is 21.8 Å². The monoisotopic (exact) mass is 396 g/mol. The van der Waals surface area contributed by atoms with Crippen molar-refractivity contribution in [3.8, 4) is 0 Å². The van der Waals surface area contributed by atoms with Gasteiger partial charge in [-0.05, 0) is 60.7 Å². The Morgan fingerprint density at radius 1 is 1.05 bits per heavy atom. The van der Waals surface area contributed by atoms with Crippen molar-refractivity contribution < 1.29 is 0 Å². The highest BCUT2D eigenvalue weighted by atomic mass is 79.9. The predicted octanol–water partition coefficient (Wildman–Crippen LogP) is 7.62. The summed E-state index contributed by atoms with van der Waals surface area (Å²) < 4.78 is 1.15. The van der Waals surface area contributed by atoms with Gasteiger partial charge in [0.1, 0.15) is 0 Å². The molecule has 0 saturated carbocycles.